The zero-order valence-corrected chi connectivity index (χ0v) is 19.6. The van der Waals surface area contributed by atoms with E-state index in [-0.39, 0.29) is 29.2 Å². The van der Waals surface area contributed by atoms with Crippen molar-refractivity contribution in [2.75, 3.05) is 26.3 Å². The van der Waals surface area contributed by atoms with Gasteiger partial charge in [-0.15, -0.1) is 0 Å². The smallest absolute Gasteiger partial charge is 0.378 e. The number of rotatable bonds is 4. The molecule has 8 nitrogen and oxygen atoms in total. The number of nitrogens with one attached hydrogen (secondary N) is 2. The van der Waals surface area contributed by atoms with Crippen LogP contribution in [0.3, 0.4) is 0 Å². The van der Waals surface area contributed by atoms with Crippen molar-refractivity contribution < 1.29 is 36.7 Å². The first kappa shape index (κ1) is 24.8. The van der Waals surface area contributed by atoms with E-state index in [4.69, 9.17) is 4.74 Å². The lowest BCUT2D eigenvalue weighted by molar-refractivity contribution is -0.174. The number of amides is 4. The summed E-state index contributed by atoms with van der Waals surface area (Å²) in [5.41, 5.74) is 2.53. The Labute approximate surface area is 205 Å². The van der Waals surface area contributed by atoms with Gasteiger partial charge in [0, 0.05) is 29.8 Å². The summed E-state index contributed by atoms with van der Waals surface area (Å²) in [5.74, 6) is -2.65. The molecule has 1 aliphatic heterocycles. The van der Waals surface area contributed by atoms with Gasteiger partial charge in [-0.3, -0.25) is 20.4 Å². The molecule has 12 heteroatoms. The molecule has 0 radical (unpaired) electrons. The minimum Gasteiger partial charge on any atom is -0.378 e. The largest absolute Gasteiger partial charge is 0.472 e. The molecule has 2 N–H and O–H groups in total. The number of benzene rings is 1. The van der Waals surface area contributed by atoms with E-state index in [1.807, 2.05) is 4.90 Å². The first-order valence-electron chi connectivity index (χ1n) is 12.2. The first-order valence-corrected chi connectivity index (χ1v) is 12.2. The van der Waals surface area contributed by atoms with Gasteiger partial charge >= 0.3 is 18.1 Å². The summed E-state index contributed by atoms with van der Waals surface area (Å²) in [6.45, 7) is 1.86. The zero-order chi connectivity index (χ0) is 25.7. The van der Waals surface area contributed by atoms with E-state index in [1.54, 1.807) is 10.3 Å². The highest BCUT2D eigenvalue weighted by Crippen LogP contribution is 2.63. The molecule has 4 amide bonds. The Bertz CT molecular complexity index is 1050. The second-order valence-corrected chi connectivity index (χ2v) is 10.3. The molecule has 2 atom stereocenters. The SMILES string of the molecule is O=C(NNC(=O)C(F)(F)F)c1ccc(CN(C(=O)N2CCOCC2)C23CC4CC(CC2C4)C3)c(F)c1. The minimum absolute atomic E-state index is 0.0324. The molecule has 6 rings (SSSR count). The summed E-state index contributed by atoms with van der Waals surface area (Å²) < 4.78 is 57.5. The van der Waals surface area contributed by atoms with Gasteiger partial charge in [-0.05, 0) is 62.0 Å². The average Bonchev–Trinajstić information content (AvgIpc) is 3.24. The van der Waals surface area contributed by atoms with Crippen molar-refractivity contribution in [3.63, 3.8) is 0 Å². The molecule has 1 aromatic rings. The number of ether oxygens (including phenoxy) is 1. The van der Waals surface area contributed by atoms with Crippen molar-refractivity contribution in [2.24, 2.45) is 17.8 Å². The number of urea groups is 1. The van der Waals surface area contributed by atoms with Crippen LogP contribution in [0.25, 0.3) is 0 Å². The Morgan fingerprint density at radius 3 is 2.33 bits per heavy atom. The Morgan fingerprint density at radius 2 is 1.72 bits per heavy atom. The summed E-state index contributed by atoms with van der Waals surface area (Å²) in [7, 11) is 0. The Kier molecular flexibility index (Phi) is 6.34. The van der Waals surface area contributed by atoms with Crippen molar-refractivity contribution in [2.45, 2.75) is 50.4 Å². The van der Waals surface area contributed by atoms with Crippen molar-refractivity contribution in [3.05, 3.63) is 35.1 Å². The standard InChI is InChI=1S/C24H28F4N4O4/c25-19-10-16(20(33)29-30-21(34)24(26,27)28)1-2-17(19)13-32(22(35)31-3-5-36-6-4-31)23-11-14-7-15(12-23)9-18(23)8-14/h1-2,10,14-15,18H,3-9,11-13H2,(H,29,33)(H,30,34). The first-order chi connectivity index (χ1) is 17.1. The number of carbonyl (C=O) groups excluding carboxylic acids is 3. The van der Waals surface area contributed by atoms with Crippen molar-refractivity contribution in [1.82, 2.24) is 20.7 Å². The molecule has 2 unspecified atom stereocenters. The van der Waals surface area contributed by atoms with E-state index in [0.717, 1.165) is 31.7 Å². The van der Waals surface area contributed by atoms with Crippen LogP contribution in [0.15, 0.2) is 18.2 Å². The second kappa shape index (κ2) is 9.20. The lowest BCUT2D eigenvalue weighted by atomic mass is 9.79. The monoisotopic (exact) mass is 512 g/mol. The van der Waals surface area contributed by atoms with Crippen LogP contribution in [-0.2, 0) is 16.1 Å². The number of hydrogen-bond acceptors (Lipinski definition) is 4. The average molecular weight is 513 g/mol. The summed E-state index contributed by atoms with van der Waals surface area (Å²) in [5, 5.41) is 0. The van der Waals surface area contributed by atoms with Gasteiger partial charge in [0.05, 0.1) is 19.8 Å². The van der Waals surface area contributed by atoms with Gasteiger partial charge in [0.2, 0.25) is 0 Å². The Balaban J connectivity index is 1.35. The lowest BCUT2D eigenvalue weighted by Crippen LogP contribution is -2.58. The molecule has 5 aliphatic rings. The third kappa shape index (κ3) is 4.51. The molecule has 1 heterocycles. The third-order valence-electron chi connectivity index (χ3n) is 8.19. The molecule has 4 bridgehead atoms. The number of morpholine rings is 1. The molecule has 0 spiro atoms. The predicted molar refractivity (Wildman–Crippen MR) is 118 cm³/mol. The molecule has 36 heavy (non-hydrogen) atoms. The maximum Gasteiger partial charge on any atom is 0.472 e. The molecule has 4 saturated carbocycles. The molecular formula is C24H28F4N4O4. The number of carbonyl (C=O) groups is 3. The third-order valence-corrected chi connectivity index (χ3v) is 8.19. The van der Waals surface area contributed by atoms with E-state index in [2.05, 4.69) is 0 Å². The molecule has 196 valence electrons. The molecular weight excluding hydrogens is 484 g/mol. The number of alkyl halides is 3. The molecule has 1 saturated heterocycles. The van der Waals surface area contributed by atoms with Gasteiger partial charge in [0.15, 0.2) is 0 Å². The predicted octanol–water partition coefficient (Wildman–Crippen LogP) is 2.98. The van der Waals surface area contributed by atoms with Gasteiger partial charge in [0.1, 0.15) is 5.82 Å². The molecule has 1 aromatic carbocycles. The number of nitrogens with zero attached hydrogens (tertiary/aromatic N) is 2. The van der Waals surface area contributed by atoms with Crippen LogP contribution < -0.4 is 10.9 Å². The van der Waals surface area contributed by atoms with Gasteiger partial charge in [0.25, 0.3) is 5.91 Å². The van der Waals surface area contributed by atoms with Crippen molar-refractivity contribution in [1.29, 1.82) is 0 Å². The van der Waals surface area contributed by atoms with E-state index < -0.39 is 23.8 Å². The number of halogens is 4. The van der Waals surface area contributed by atoms with Crippen molar-refractivity contribution in [3.8, 4) is 0 Å². The quantitative estimate of drug-likeness (QED) is 0.480. The maximum atomic E-state index is 15.2. The van der Waals surface area contributed by atoms with Gasteiger partial charge in [-0.1, -0.05) is 6.07 Å². The van der Waals surface area contributed by atoms with Crippen molar-refractivity contribution >= 4 is 17.8 Å². The van der Waals surface area contributed by atoms with Gasteiger partial charge < -0.3 is 14.5 Å². The fourth-order valence-corrected chi connectivity index (χ4v) is 6.78. The number of hydrazine groups is 1. The van der Waals surface area contributed by atoms with E-state index >= 15 is 4.39 Å². The Morgan fingerprint density at radius 1 is 1.06 bits per heavy atom. The van der Waals surface area contributed by atoms with Crippen LogP contribution >= 0.6 is 0 Å². The maximum absolute atomic E-state index is 15.2. The molecule has 0 aromatic heterocycles. The van der Waals surface area contributed by atoms with Gasteiger partial charge in [-0.2, -0.15) is 13.2 Å². The van der Waals surface area contributed by atoms with E-state index in [0.29, 0.717) is 44.1 Å². The van der Waals surface area contributed by atoms with E-state index in [9.17, 15) is 27.6 Å². The highest BCUT2D eigenvalue weighted by Gasteiger charge is 2.61. The summed E-state index contributed by atoms with van der Waals surface area (Å²) in [6.07, 6.45) is -0.0160. The highest BCUT2D eigenvalue weighted by molar-refractivity contribution is 5.96. The van der Waals surface area contributed by atoms with Crippen LogP contribution in [0.1, 0.15) is 48.0 Å². The summed E-state index contributed by atoms with van der Waals surface area (Å²) >= 11 is 0. The van der Waals surface area contributed by atoms with Gasteiger partial charge in [-0.25, -0.2) is 9.18 Å². The topological polar surface area (TPSA) is 91.0 Å². The lowest BCUT2D eigenvalue weighted by Gasteiger charge is -2.46. The van der Waals surface area contributed by atoms with Crippen LogP contribution in [-0.4, -0.2) is 65.7 Å². The minimum atomic E-state index is -5.17. The molecule has 4 aliphatic carbocycles. The van der Waals surface area contributed by atoms with Crippen LogP contribution in [0.5, 0.6) is 0 Å². The fourth-order valence-electron chi connectivity index (χ4n) is 6.78. The fraction of sp³-hybridized carbons (Fsp3) is 0.625. The number of hydrogen-bond donors (Lipinski definition) is 2. The van der Waals surface area contributed by atoms with Crippen LogP contribution in [0.2, 0.25) is 0 Å². The normalized spacial score (nSPS) is 28.8. The van der Waals surface area contributed by atoms with E-state index in [1.165, 1.54) is 24.0 Å². The van der Waals surface area contributed by atoms with Crippen LogP contribution in [0.4, 0.5) is 22.4 Å². The Hall–Kier alpha value is -2.89. The second-order valence-electron chi connectivity index (χ2n) is 10.3. The molecule has 5 fully saturated rings. The van der Waals surface area contributed by atoms with Crippen LogP contribution in [0, 0.1) is 23.6 Å². The zero-order valence-electron chi connectivity index (χ0n) is 19.6. The highest BCUT2D eigenvalue weighted by atomic mass is 19.4. The summed E-state index contributed by atoms with van der Waals surface area (Å²) in [6, 6.07) is 3.40. The summed E-state index contributed by atoms with van der Waals surface area (Å²) in [4.78, 5) is 40.4.